The van der Waals surface area contributed by atoms with Crippen molar-refractivity contribution in [3.8, 4) is 11.4 Å². The highest BCUT2D eigenvalue weighted by atomic mass is 16.5. The van der Waals surface area contributed by atoms with Gasteiger partial charge in [0.05, 0.1) is 0 Å². The molecule has 1 fully saturated rings. The number of aromatic nitrogens is 2. The van der Waals surface area contributed by atoms with Crippen LogP contribution in [0.3, 0.4) is 0 Å². The van der Waals surface area contributed by atoms with Gasteiger partial charge in [0.1, 0.15) is 6.04 Å². The molecule has 1 aromatic heterocycles. The van der Waals surface area contributed by atoms with E-state index in [9.17, 15) is 4.79 Å². The Bertz CT molecular complexity index is 977. The number of hydrogen-bond acceptors (Lipinski definition) is 4. The highest BCUT2D eigenvalue weighted by Gasteiger charge is 2.34. The number of carbonyl (C=O) groups excluding carboxylic acids is 1. The van der Waals surface area contributed by atoms with Gasteiger partial charge in [-0.1, -0.05) is 61.0 Å². The molecule has 0 bridgehead atoms. The van der Waals surface area contributed by atoms with Crippen LogP contribution < -0.4 is 5.32 Å². The second kappa shape index (κ2) is 8.07. The minimum Gasteiger partial charge on any atom is -0.337 e. The zero-order valence-electron chi connectivity index (χ0n) is 17.1. The van der Waals surface area contributed by atoms with Crippen molar-refractivity contribution in [2.24, 2.45) is 0 Å². The van der Waals surface area contributed by atoms with Gasteiger partial charge in [-0.05, 0) is 43.4 Å². The normalized spacial score (nSPS) is 16.4. The predicted octanol–water partition coefficient (Wildman–Crippen LogP) is 5.54. The number of nitrogens with one attached hydrogen (secondary N) is 1. The van der Waals surface area contributed by atoms with Crippen molar-refractivity contribution in [3.05, 3.63) is 65.5 Å². The highest BCUT2D eigenvalue weighted by molar-refractivity contribution is 5.89. The third kappa shape index (κ3) is 4.16. The number of aryl methyl sites for hydroxylation is 1. The Morgan fingerprint density at radius 3 is 2.55 bits per heavy atom. The highest BCUT2D eigenvalue weighted by Crippen LogP contribution is 2.32. The van der Waals surface area contributed by atoms with Crippen LogP contribution >= 0.6 is 0 Å². The average Bonchev–Trinajstić information content (AvgIpc) is 3.38. The smallest absolute Gasteiger partial charge is 0.322 e. The van der Waals surface area contributed by atoms with E-state index in [1.807, 2.05) is 55.5 Å². The molecule has 1 atom stereocenters. The number of anilines is 1. The maximum Gasteiger partial charge on any atom is 0.322 e. The number of rotatable bonds is 4. The fraction of sp³-hybridized carbons (Fsp3) is 0.348. The molecular formula is C23H26N4O2. The zero-order valence-corrected chi connectivity index (χ0v) is 17.1. The molecule has 0 saturated carbocycles. The molecule has 0 radical (unpaired) electrons. The molecule has 1 aliphatic rings. The van der Waals surface area contributed by atoms with E-state index in [0.717, 1.165) is 24.1 Å². The first kappa shape index (κ1) is 19.2. The van der Waals surface area contributed by atoms with Crippen molar-refractivity contribution in [3.63, 3.8) is 0 Å². The fourth-order valence-corrected chi connectivity index (χ4v) is 3.60. The molecule has 0 spiro atoms. The van der Waals surface area contributed by atoms with Gasteiger partial charge in [0.15, 0.2) is 0 Å². The summed E-state index contributed by atoms with van der Waals surface area (Å²) in [6, 6.07) is 15.6. The number of hydrogen-bond donors (Lipinski definition) is 1. The topological polar surface area (TPSA) is 71.3 Å². The molecule has 2 amide bonds. The SMILES string of the molecule is Cc1ccc(-c2noc(C3CCCN3C(=O)Nc3ccc(C(C)C)cc3)n2)cc1. The quantitative estimate of drug-likeness (QED) is 0.635. The Kier molecular flexibility index (Phi) is 5.34. The Morgan fingerprint density at radius 2 is 1.86 bits per heavy atom. The van der Waals surface area contributed by atoms with Gasteiger partial charge in [0.2, 0.25) is 11.7 Å². The average molecular weight is 390 g/mol. The van der Waals surface area contributed by atoms with Crippen LogP contribution in [0.25, 0.3) is 11.4 Å². The van der Waals surface area contributed by atoms with E-state index in [0.29, 0.717) is 24.2 Å². The van der Waals surface area contributed by atoms with Crippen molar-refractivity contribution >= 4 is 11.7 Å². The lowest BCUT2D eigenvalue weighted by Gasteiger charge is -2.22. The summed E-state index contributed by atoms with van der Waals surface area (Å²) in [5.41, 5.74) is 4.12. The molecule has 4 rings (SSSR count). The zero-order chi connectivity index (χ0) is 20.4. The summed E-state index contributed by atoms with van der Waals surface area (Å²) in [4.78, 5) is 19.2. The molecule has 1 N–H and O–H groups in total. The largest absolute Gasteiger partial charge is 0.337 e. The van der Waals surface area contributed by atoms with Crippen LogP contribution in [0, 0.1) is 6.92 Å². The van der Waals surface area contributed by atoms with Gasteiger partial charge in [-0.3, -0.25) is 0 Å². The summed E-state index contributed by atoms with van der Waals surface area (Å²) < 4.78 is 5.52. The van der Waals surface area contributed by atoms with Crippen molar-refractivity contribution in [1.29, 1.82) is 0 Å². The predicted molar refractivity (Wildman–Crippen MR) is 113 cm³/mol. The van der Waals surface area contributed by atoms with Gasteiger partial charge in [-0.15, -0.1) is 0 Å². The Balaban J connectivity index is 1.47. The second-order valence-corrected chi connectivity index (χ2v) is 7.88. The van der Waals surface area contributed by atoms with Crippen molar-refractivity contribution < 1.29 is 9.32 Å². The van der Waals surface area contributed by atoms with Crippen molar-refractivity contribution in [2.45, 2.75) is 45.6 Å². The Labute approximate surface area is 170 Å². The summed E-state index contributed by atoms with van der Waals surface area (Å²) in [6.07, 6.45) is 1.72. The Hall–Kier alpha value is -3.15. The van der Waals surface area contributed by atoms with Gasteiger partial charge in [-0.2, -0.15) is 4.98 Å². The lowest BCUT2D eigenvalue weighted by atomic mass is 10.0. The van der Waals surface area contributed by atoms with Gasteiger partial charge < -0.3 is 14.7 Å². The van der Waals surface area contributed by atoms with Crippen LogP contribution in [0.4, 0.5) is 10.5 Å². The molecule has 150 valence electrons. The molecule has 2 heterocycles. The van der Waals surface area contributed by atoms with E-state index < -0.39 is 0 Å². The Morgan fingerprint density at radius 1 is 1.14 bits per heavy atom. The molecule has 1 saturated heterocycles. The van der Waals surface area contributed by atoms with Gasteiger partial charge in [0, 0.05) is 17.8 Å². The van der Waals surface area contributed by atoms with E-state index in [-0.39, 0.29) is 12.1 Å². The van der Waals surface area contributed by atoms with E-state index in [2.05, 4.69) is 29.3 Å². The molecule has 6 heteroatoms. The third-order valence-corrected chi connectivity index (χ3v) is 5.38. The summed E-state index contributed by atoms with van der Waals surface area (Å²) in [7, 11) is 0. The van der Waals surface area contributed by atoms with E-state index in [1.54, 1.807) is 4.90 Å². The maximum absolute atomic E-state index is 12.9. The van der Waals surface area contributed by atoms with E-state index in [4.69, 9.17) is 4.52 Å². The number of benzene rings is 2. The van der Waals surface area contributed by atoms with Crippen LogP contribution in [-0.2, 0) is 0 Å². The molecule has 3 aromatic rings. The van der Waals surface area contributed by atoms with Crippen molar-refractivity contribution in [2.75, 3.05) is 11.9 Å². The van der Waals surface area contributed by atoms with Gasteiger partial charge in [-0.25, -0.2) is 4.79 Å². The third-order valence-electron chi connectivity index (χ3n) is 5.38. The van der Waals surface area contributed by atoms with E-state index in [1.165, 1.54) is 11.1 Å². The summed E-state index contributed by atoms with van der Waals surface area (Å²) in [5, 5.41) is 7.11. The van der Waals surface area contributed by atoms with Crippen LogP contribution in [-0.4, -0.2) is 27.6 Å². The van der Waals surface area contributed by atoms with E-state index >= 15 is 0 Å². The first-order valence-electron chi connectivity index (χ1n) is 10.1. The minimum atomic E-state index is -0.198. The van der Waals surface area contributed by atoms with Crippen LogP contribution in [0.5, 0.6) is 0 Å². The number of carbonyl (C=O) groups is 1. The molecule has 1 aliphatic heterocycles. The second-order valence-electron chi connectivity index (χ2n) is 7.88. The lowest BCUT2D eigenvalue weighted by Crippen LogP contribution is -2.34. The molecule has 0 aliphatic carbocycles. The molecule has 6 nitrogen and oxygen atoms in total. The van der Waals surface area contributed by atoms with Gasteiger partial charge >= 0.3 is 6.03 Å². The summed E-state index contributed by atoms with van der Waals surface area (Å²) >= 11 is 0. The number of urea groups is 1. The lowest BCUT2D eigenvalue weighted by molar-refractivity contribution is 0.193. The monoisotopic (exact) mass is 390 g/mol. The van der Waals surface area contributed by atoms with Gasteiger partial charge in [0.25, 0.3) is 0 Å². The summed E-state index contributed by atoms with van der Waals surface area (Å²) in [5.74, 6) is 1.50. The van der Waals surface area contributed by atoms with Crippen molar-refractivity contribution in [1.82, 2.24) is 15.0 Å². The summed E-state index contributed by atoms with van der Waals surface area (Å²) in [6.45, 7) is 7.01. The van der Waals surface area contributed by atoms with Crippen LogP contribution in [0.15, 0.2) is 53.1 Å². The van der Waals surface area contributed by atoms with Crippen LogP contribution in [0.1, 0.15) is 55.7 Å². The molecule has 1 unspecified atom stereocenters. The molecular weight excluding hydrogens is 364 g/mol. The fourth-order valence-electron chi connectivity index (χ4n) is 3.60. The first-order valence-corrected chi connectivity index (χ1v) is 10.1. The van der Waals surface area contributed by atoms with Crippen LogP contribution in [0.2, 0.25) is 0 Å². The molecule has 29 heavy (non-hydrogen) atoms. The number of amides is 2. The minimum absolute atomic E-state index is 0.139. The number of nitrogens with zero attached hydrogens (tertiary/aromatic N) is 3. The standard InChI is InChI=1S/C23H26N4O2/c1-15(2)17-10-12-19(13-11-17)24-23(28)27-14-4-5-20(27)22-25-21(26-29-22)18-8-6-16(3)7-9-18/h6-13,15,20H,4-5,14H2,1-3H3,(H,24,28). The number of likely N-dealkylation sites (tertiary alicyclic amines) is 1. The first-order chi connectivity index (χ1) is 14.0. The molecule has 2 aromatic carbocycles. The maximum atomic E-state index is 12.9.